The lowest BCUT2D eigenvalue weighted by atomic mass is 9.94. The van der Waals surface area contributed by atoms with Crippen molar-refractivity contribution in [3.8, 4) is 22.6 Å². The molecular weight excluding hydrogens is 304 g/mol. The van der Waals surface area contributed by atoms with Gasteiger partial charge in [-0.25, -0.2) is 0 Å². The molecule has 24 heavy (non-hydrogen) atoms. The highest BCUT2D eigenvalue weighted by atomic mass is 16.3. The van der Waals surface area contributed by atoms with Crippen LogP contribution in [0.25, 0.3) is 21.9 Å². The Kier molecular flexibility index (Phi) is 3.81. The van der Waals surface area contributed by atoms with Crippen molar-refractivity contribution in [3.05, 3.63) is 69.9 Å². The molecule has 4 heteroatoms. The monoisotopic (exact) mass is 320 g/mol. The molecule has 0 aliphatic rings. The highest BCUT2D eigenvalue weighted by Gasteiger charge is 2.20. The molecule has 0 radical (unpaired) electrons. The Labute approximate surface area is 138 Å². The number of aromatic hydroxyl groups is 2. The van der Waals surface area contributed by atoms with Gasteiger partial charge in [-0.15, -0.1) is 0 Å². The zero-order valence-electron chi connectivity index (χ0n) is 13.3. The van der Waals surface area contributed by atoms with E-state index in [0.717, 1.165) is 10.8 Å². The Morgan fingerprint density at radius 3 is 2.29 bits per heavy atom. The van der Waals surface area contributed by atoms with E-state index >= 15 is 0 Å². The molecule has 0 spiro atoms. The van der Waals surface area contributed by atoms with Gasteiger partial charge in [0, 0.05) is 11.1 Å². The van der Waals surface area contributed by atoms with E-state index in [1.807, 2.05) is 36.4 Å². The van der Waals surface area contributed by atoms with Gasteiger partial charge in [0.05, 0.1) is 0 Å². The smallest absolute Gasteiger partial charge is 0.262 e. The van der Waals surface area contributed by atoms with Crippen molar-refractivity contribution in [3.63, 3.8) is 0 Å². The number of benzene rings is 2. The number of hydrogen-bond donors (Lipinski definition) is 2. The number of carbonyl (C=O) groups is 1. The second-order valence-corrected chi connectivity index (χ2v) is 5.76. The zero-order chi connectivity index (χ0) is 17.4. The summed E-state index contributed by atoms with van der Waals surface area (Å²) in [5.41, 5.74) is 0.456. The van der Waals surface area contributed by atoms with E-state index in [-0.39, 0.29) is 16.9 Å². The predicted molar refractivity (Wildman–Crippen MR) is 93.7 cm³/mol. The van der Waals surface area contributed by atoms with E-state index < -0.39 is 16.9 Å². The van der Waals surface area contributed by atoms with Crippen molar-refractivity contribution >= 4 is 16.6 Å². The topological polar surface area (TPSA) is 74.6 Å². The molecule has 0 saturated carbocycles. The maximum absolute atomic E-state index is 12.1. The number of Topliss-reactive ketones (excluding diaryl/α,β-unsaturated/α-hetero) is 1. The average Bonchev–Trinajstić information content (AvgIpc) is 2.64. The van der Waals surface area contributed by atoms with Crippen LogP contribution in [-0.2, 0) is 0 Å². The number of aryl methyl sites for hydroxylation is 1. The van der Waals surface area contributed by atoms with E-state index in [1.165, 1.54) is 13.0 Å². The molecule has 120 valence electrons. The lowest BCUT2D eigenvalue weighted by molar-refractivity contribution is 0.101. The van der Waals surface area contributed by atoms with Crippen LogP contribution in [-0.4, -0.2) is 16.0 Å². The van der Waals surface area contributed by atoms with Crippen LogP contribution in [0, 0.1) is 6.92 Å². The van der Waals surface area contributed by atoms with Crippen molar-refractivity contribution in [1.82, 2.24) is 0 Å². The van der Waals surface area contributed by atoms with Gasteiger partial charge in [-0.3, -0.25) is 9.59 Å². The fourth-order valence-electron chi connectivity index (χ4n) is 2.97. The highest BCUT2D eigenvalue weighted by Crippen LogP contribution is 2.34. The van der Waals surface area contributed by atoms with Crippen LogP contribution < -0.4 is 5.43 Å². The third-order valence-electron chi connectivity index (χ3n) is 4.07. The summed E-state index contributed by atoms with van der Waals surface area (Å²) in [5, 5.41) is 22.1. The third-order valence-corrected chi connectivity index (χ3v) is 4.07. The average molecular weight is 320 g/mol. The molecule has 0 fully saturated rings. The number of carbonyl (C=O) groups excluding carboxylic acids is 1. The maximum atomic E-state index is 12.1. The normalized spacial score (nSPS) is 10.8. The molecule has 0 bridgehead atoms. The van der Waals surface area contributed by atoms with Gasteiger partial charge in [0.2, 0.25) is 0 Å². The molecule has 4 nitrogen and oxygen atoms in total. The Morgan fingerprint density at radius 1 is 0.958 bits per heavy atom. The quantitative estimate of drug-likeness (QED) is 0.705. The molecule has 3 aromatic rings. The minimum absolute atomic E-state index is 0.149. The molecule has 0 atom stereocenters. The van der Waals surface area contributed by atoms with Crippen molar-refractivity contribution in [2.24, 2.45) is 0 Å². The molecule has 0 aliphatic heterocycles. The summed E-state index contributed by atoms with van der Waals surface area (Å²) in [7, 11) is 0. The van der Waals surface area contributed by atoms with Gasteiger partial charge in [-0.05, 0) is 47.9 Å². The SMILES string of the molecule is CC(=O)c1c(C)cc(O)c(=O)c(O)c1-c1ccc2ccccc2c1. The highest BCUT2D eigenvalue weighted by molar-refractivity contribution is 6.04. The summed E-state index contributed by atoms with van der Waals surface area (Å²) in [4.78, 5) is 24.3. The number of fused-ring (bicyclic) bond motifs is 1. The van der Waals surface area contributed by atoms with E-state index in [9.17, 15) is 19.8 Å². The lowest BCUT2D eigenvalue weighted by Gasteiger charge is -2.09. The Bertz CT molecular complexity index is 1040. The Hall–Kier alpha value is -3.14. The largest absolute Gasteiger partial charge is 0.504 e. The summed E-state index contributed by atoms with van der Waals surface area (Å²) in [6.45, 7) is 2.99. The molecule has 0 heterocycles. The molecule has 0 amide bonds. The number of hydrogen-bond acceptors (Lipinski definition) is 4. The van der Waals surface area contributed by atoms with Crippen molar-refractivity contribution in [2.75, 3.05) is 0 Å². The molecule has 2 N–H and O–H groups in total. The van der Waals surface area contributed by atoms with Crippen LogP contribution in [0.5, 0.6) is 11.5 Å². The maximum Gasteiger partial charge on any atom is 0.262 e. The summed E-state index contributed by atoms with van der Waals surface area (Å²) in [5.74, 6) is -1.50. The minimum Gasteiger partial charge on any atom is -0.504 e. The molecule has 0 aliphatic carbocycles. The van der Waals surface area contributed by atoms with Crippen LogP contribution in [0.1, 0.15) is 22.8 Å². The van der Waals surface area contributed by atoms with Gasteiger partial charge in [-0.1, -0.05) is 36.4 Å². The van der Waals surface area contributed by atoms with Crippen LogP contribution >= 0.6 is 0 Å². The minimum atomic E-state index is -0.895. The Morgan fingerprint density at radius 2 is 1.62 bits per heavy atom. The molecular formula is C20H16O4. The van der Waals surface area contributed by atoms with Gasteiger partial charge >= 0.3 is 0 Å². The zero-order valence-corrected chi connectivity index (χ0v) is 13.3. The van der Waals surface area contributed by atoms with Crippen molar-refractivity contribution in [1.29, 1.82) is 0 Å². The fraction of sp³-hybridized carbons (Fsp3) is 0.100. The van der Waals surface area contributed by atoms with E-state index in [2.05, 4.69) is 0 Å². The van der Waals surface area contributed by atoms with Crippen LogP contribution in [0.2, 0.25) is 0 Å². The second-order valence-electron chi connectivity index (χ2n) is 5.76. The van der Waals surface area contributed by atoms with Gasteiger partial charge in [-0.2, -0.15) is 0 Å². The first-order valence-electron chi connectivity index (χ1n) is 7.50. The Balaban J connectivity index is 2.47. The van der Waals surface area contributed by atoms with Gasteiger partial charge < -0.3 is 10.2 Å². The van der Waals surface area contributed by atoms with Gasteiger partial charge in [0.15, 0.2) is 17.3 Å². The number of rotatable bonds is 2. The van der Waals surface area contributed by atoms with Gasteiger partial charge in [0.25, 0.3) is 5.43 Å². The first kappa shape index (κ1) is 15.7. The van der Waals surface area contributed by atoms with Crippen LogP contribution in [0.15, 0.2) is 53.3 Å². The second kappa shape index (κ2) is 5.81. The van der Waals surface area contributed by atoms with Crippen LogP contribution in [0.4, 0.5) is 0 Å². The van der Waals surface area contributed by atoms with E-state index in [4.69, 9.17) is 0 Å². The van der Waals surface area contributed by atoms with E-state index in [0.29, 0.717) is 11.1 Å². The first-order valence-corrected chi connectivity index (χ1v) is 7.50. The first-order chi connectivity index (χ1) is 11.4. The molecule has 3 aromatic carbocycles. The third kappa shape index (κ3) is 2.52. The lowest BCUT2D eigenvalue weighted by Crippen LogP contribution is -2.01. The predicted octanol–water partition coefficient (Wildman–Crippen LogP) is 3.79. The fourth-order valence-corrected chi connectivity index (χ4v) is 2.97. The molecule has 0 aromatic heterocycles. The van der Waals surface area contributed by atoms with E-state index in [1.54, 1.807) is 13.0 Å². The van der Waals surface area contributed by atoms with Crippen molar-refractivity contribution in [2.45, 2.75) is 13.8 Å². The standard InChI is InChI=1S/C20H16O4/c1-11-9-16(22)19(23)20(24)18(17(11)12(2)21)15-8-7-13-5-3-4-6-14(13)10-15/h3-10H,1-2H3,(H2,22,23,24). The molecule has 3 rings (SSSR count). The van der Waals surface area contributed by atoms with Crippen molar-refractivity contribution < 1.29 is 15.0 Å². The molecule has 0 saturated heterocycles. The molecule has 0 unspecified atom stereocenters. The summed E-state index contributed by atoms with van der Waals surface area (Å²) >= 11 is 0. The summed E-state index contributed by atoms with van der Waals surface area (Å²) in [6, 6.07) is 14.3. The summed E-state index contributed by atoms with van der Waals surface area (Å²) in [6.07, 6.45) is 0. The number of ketones is 1. The summed E-state index contributed by atoms with van der Waals surface area (Å²) < 4.78 is 0. The van der Waals surface area contributed by atoms with Crippen LogP contribution in [0.3, 0.4) is 0 Å². The van der Waals surface area contributed by atoms with Gasteiger partial charge in [0.1, 0.15) is 0 Å².